The zero-order valence-corrected chi connectivity index (χ0v) is 21.4. The number of nitrogens with one attached hydrogen (secondary N) is 1. The highest BCUT2D eigenvalue weighted by Crippen LogP contribution is 2.25. The van der Waals surface area contributed by atoms with Crippen molar-refractivity contribution in [2.75, 3.05) is 17.1 Å². The second kappa shape index (κ2) is 11.7. The Morgan fingerprint density at radius 1 is 1.03 bits per heavy atom. The molecule has 1 N–H and O–H groups in total. The fraction of sp³-hybridized carbons (Fsp3) is 0.391. The number of sulfonamides is 1. The lowest BCUT2D eigenvalue weighted by Crippen LogP contribution is -2.53. The van der Waals surface area contributed by atoms with Crippen LogP contribution in [0.2, 0.25) is 10.0 Å². The van der Waals surface area contributed by atoms with E-state index in [1.54, 1.807) is 55.5 Å². The number of hydrogen-bond acceptors (Lipinski definition) is 4. The maximum Gasteiger partial charge on any atom is 0.244 e. The van der Waals surface area contributed by atoms with E-state index < -0.39 is 28.5 Å². The van der Waals surface area contributed by atoms with Crippen molar-refractivity contribution in [1.82, 2.24) is 10.2 Å². The van der Waals surface area contributed by atoms with E-state index in [2.05, 4.69) is 5.32 Å². The summed E-state index contributed by atoms with van der Waals surface area (Å²) in [6, 6.07) is 12.4. The minimum Gasteiger partial charge on any atom is -0.352 e. The molecule has 0 heterocycles. The van der Waals surface area contributed by atoms with E-state index in [9.17, 15) is 18.0 Å². The van der Waals surface area contributed by atoms with Crippen LogP contribution in [0.25, 0.3) is 0 Å². The summed E-state index contributed by atoms with van der Waals surface area (Å²) >= 11 is 12.2. The van der Waals surface area contributed by atoms with Crippen molar-refractivity contribution in [1.29, 1.82) is 0 Å². The van der Waals surface area contributed by atoms with Crippen molar-refractivity contribution < 1.29 is 18.0 Å². The van der Waals surface area contributed by atoms with Gasteiger partial charge in [-0.1, -0.05) is 54.4 Å². The lowest BCUT2D eigenvalue weighted by Gasteiger charge is -2.33. The van der Waals surface area contributed by atoms with Crippen molar-refractivity contribution >= 4 is 50.7 Å². The average Bonchev–Trinajstić information content (AvgIpc) is 2.73. The van der Waals surface area contributed by atoms with Crippen molar-refractivity contribution in [2.24, 2.45) is 0 Å². The third kappa shape index (κ3) is 7.62. The summed E-state index contributed by atoms with van der Waals surface area (Å²) < 4.78 is 26.0. The Labute approximate surface area is 205 Å². The minimum atomic E-state index is -3.76. The molecule has 0 aliphatic carbocycles. The van der Waals surface area contributed by atoms with Gasteiger partial charge in [-0.25, -0.2) is 8.42 Å². The molecule has 0 unspecified atom stereocenters. The van der Waals surface area contributed by atoms with E-state index in [1.807, 2.05) is 13.8 Å². The van der Waals surface area contributed by atoms with Gasteiger partial charge in [-0.05, 0) is 50.1 Å². The number of para-hydroxylation sites is 1. The van der Waals surface area contributed by atoms with E-state index in [0.717, 1.165) is 10.6 Å². The van der Waals surface area contributed by atoms with Crippen LogP contribution in [0.1, 0.15) is 32.8 Å². The molecule has 0 fully saturated rings. The number of carbonyl (C=O) groups excluding carboxylic acids is 2. The second-order valence-corrected chi connectivity index (χ2v) is 10.7. The Morgan fingerprint density at radius 2 is 1.67 bits per heavy atom. The second-order valence-electron chi connectivity index (χ2n) is 7.96. The number of benzene rings is 2. The Kier molecular flexibility index (Phi) is 9.57. The van der Waals surface area contributed by atoms with Gasteiger partial charge in [0.2, 0.25) is 21.8 Å². The molecule has 0 bridgehead atoms. The number of anilines is 1. The first-order valence-corrected chi connectivity index (χ1v) is 13.1. The number of amides is 2. The summed E-state index contributed by atoms with van der Waals surface area (Å²) in [5, 5.41) is 3.53. The molecule has 33 heavy (non-hydrogen) atoms. The molecule has 2 aromatic rings. The normalized spacial score (nSPS) is 12.3. The van der Waals surface area contributed by atoms with Gasteiger partial charge in [0.15, 0.2) is 0 Å². The van der Waals surface area contributed by atoms with E-state index in [0.29, 0.717) is 27.7 Å². The summed E-state index contributed by atoms with van der Waals surface area (Å²) in [5.41, 5.74) is 1.03. The maximum atomic E-state index is 13.5. The van der Waals surface area contributed by atoms with Gasteiger partial charge in [-0.15, -0.1) is 0 Å². The van der Waals surface area contributed by atoms with Gasteiger partial charge in [-0.3, -0.25) is 13.9 Å². The van der Waals surface area contributed by atoms with Gasteiger partial charge in [0.05, 0.1) is 22.0 Å². The molecule has 2 aromatic carbocycles. The topological polar surface area (TPSA) is 86.8 Å². The number of nitrogens with zero attached hydrogens (tertiary/aromatic N) is 2. The molecule has 180 valence electrons. The highest BCUT2D eigenvalue weighted by atomic mass is 35.5. The van der Waals surface area contributed by atoms with Crippen molar-refractivity contribution in [3.05, 3.63) is 64.1 Å². The molecule has 0 spiro atoms. The highest BCUT2D eigenvalue weighted by Gasteiger charge is 2.32. The molecular formula is C23H29Cl2N3O4S. The third-order valence-electron chi connectivity index (χ3n) is 4.88. The predicted molar refractivity (Wildman–Crippen MR) is 133 cm³/mol. The van der Waals surface area contributed by atoms with E-state index in [4.69, 9.17) is 23.2 Å². The molecule has 2 amide bonds. The van der Waals surface area contributed by atoms with Crippen LogP contribution < -0.4 is 9.62 Å². The van der Waals surface area contributed by atoms with E-state index in [1.165, 1.54) is 4.90 Å². The number of rotatable bonds is 10. The van der Waals surface area contributed by atoms with Crippen molar-refractivity contribution in [3.8, 4) is 0 Å². The fourth-order valence-electron chi connectivity index (χ4n) is 3.34. The molecule has 0 saturated carbocycles. The standard InChI is InChI=1S/C23H29Cl2N3O4S/c1-5-21(23(30)26-16(2)3)27(14-17-11-12-19(24)20(25)13-17)22(29)15-28(33(4,31)32)18-9-7-6-8-10-18/h6-13,16,21H,5,14-15H2,1-4H3,(H,26,30)/t21-/m1/s1. The molecule has 0 aliphatic rings. The van der Waals surface area contributed by atoms with Crippen LogP contribution in [-0.2, 0) is 26.2 Å². The SMILES string of the molecule is CC[C@H](C(=O)NC(C)C)N(Cc1ccc(Cl)c(Cl)c1)C(=O)CN(c1ccccc1)S(C)(=O)=O. The Balaban J connectivity index is 2.44. The fourth-order valence-corrected chi connectivity index (χ4v) is 4.51. The van der Waals surface area contributed by atoms with Crippen LogP contribution in [0.4, 0.5) is 5.69 Å². The summed E-state index contributed by atoms with van der Waals surface area (Å²) in [6.45, 7) is 5.07. The number of hydrogen-bond donors (Lipinski definition) is 1. The van der Waals surface area contributed by atoms with Crippen LogP contribution in [0.3, 0.4) is 0 Å². The molecule has 0 radical (unpaired) electrons. The number of halogens is 2. The van der Waals surface area contributed by atoms with Gasteiger partial charge in [-0.2, -0.15) is 0 Å². The summed E-state index contributed by atoms with van der Waals surface area (Å²) in [6.07, 6.45) is 1.38. The maximum absolute atomic E-state index is 13.5. The summed E-state index contributed by atoms with van der Waals surface area (Å²) in [4.78, 5) is 27.8. The van der Waals surface area contributed by atoms with Crippen LogP contribution in [0.15, 0.2) is 48.5 Å². The smallest absolute Gasteiger partial charge is 0.244 e. The zero-order valence-electron chi connectivity index (χ0n) is 19.1. The van der Waals surface area contributed by atoms with E-state index in [-0.39, 0.29) is 18.5 Å². The first kappa shape index (κ1) is 27.0. The lowest BCUT2D eigenvalue weighted by atomic mass is 10.1. The quantitative estimate of drug-likeness (QED) is 0.518. The molecule has 1 atom stereocenters. The van der Waals surface area contributed by atoms with Crippen LogP contribution in [0.5, 0.6) is 0 Å². The largest absolute Gasteiger partial charge is 0.352 e. The Bertz CT molecular complexity index is 1080. The molecule has 10 heteroatoms. The average molecular weight is 514 g/mol. The number of carbonyl (C=O) groups is 2. The van der Waals surface area contributed by atoms with Gasteiger partial charge >= 0.3 is 0 Å². The first-order valence-electron chi connectivity index (χ1n) is 10.5. The molecule has 0 aromatic heterocycles. The van der Waals surface area contributed by atoms with Crippen molar-refractivity contribution in [3.63, 3.8) is 0 Å². The third-order valence-corrected chi connectivity index (χ3v) is 6.76. The first-order chi connectivity index (χ1) is 15.4. The lowest BCUT2D eigenvalue weighted by molar-refractivity contribution is -0.140. The van der Waals surface area contributed by atoms with Crippen LogP contribution in [-0.4, -0.2) is 50.0 Å². The van der Waals surface area contributed by atoms with Gasteiger partial charge < -0.3 is 10.2 Å². The molecule has 0 saturated heterocycles. The molecule has 2 rings (SSSR count). The Morgan fingerprint density at radius 3 is 2.18 bits per heavy atom. The minimum absolute atomic E-state index is 0.0616. The summed E-state index contributed by atoms with van der Waals surface area (Å²) in [5.74, 6) is -0.826. The van der Waals surface area contributed by atoms with Gasteiger partial charge in [0, 0.05) is 12.6 Å². The van der Waals surface area contributed by atoms with Crippen LogP contribution >= 0.6 is 23.2 Å². The molecule has 7 nitrogen and oxygen atoms in total. The molecular weight excluding hydrogens is 485 g/mol. The van der Waals surface area contributed by atoms with Crippen molar-refractivity contribution in [2.45, 2.75) is 45.8 Å². The van der Waals surface area contributed by atoms with Gasteiger partial charge in [0.1, 0.15) is 12.6 Å². The highest BCUT2D eigenvalue weighted by molar-refractivity contribution is 7.92. The predicted octanol–water partition coefficient (Wildman–Crippen LogP) is 4.09. The zero-order chi connectivity index (χ0) is 24.8. The van der Waals surface area contributed by atoms with Crippen LogP contribution in [0, 0.1) is 0 Å². The monoisotopic (exact) mass is 513 g/mol. The Hall–Kier alpha value is -2.29. The van der Waals surface area contributed by atoms with Gasteiger partial charge in [0.25, 0.3) is 0 Å². The molecule has 0 aliphatic heterocycles. The van der Waals surface area contributed by atoms with E-state index >= 15 is 0 Å². The summed E-state index contributed by atoms with van der Waals surface area (Å²) in [7, 11) is -3.76.